The summed E-state index contributed by atoms with van der Waals surface area (Å²) in [6, 6.07) is 7.83. The number of nitrogens with one attached hydrogen (secondary N) is 2. The van der Waals surface area contributed by atoms with Gasteiger partial charge in [0.25, 0.3) is 0 Å². The summed E-state index contributed by atoms with van der Waals surface area (Å²) in [5.41, 5.74) is 0.923. The van der Waals surface area contributed by atoms with Gasteiger partial charge in [-0.1, -0.05) is 15.9 Å². The number of halogens is 1. The highest BCUT2D eigenvalue weighted by Crippen LogP contribution is 2.19. The Kier molecular flexibility index (Phi) is 4.73. The third-order valence-corrected chi connectivity index (χ3v) is 2.99. The molecule has 2 N–H and O–H groups in total. The van der Waals surface area contributed by atoms with E-state index in [4.69, 9.17) is 0 Å². The smallest absolute Gasteiger partial charge is 0.233 e. The highest BCUT2D eigenvalue weighted by Gasteiger charge is 2.07. The molecule has 0 aliphatic rings. The van der Waals surface area contributed by atoms with Crippen LogP contribution in [-0.2, 0) is 0 Å². The highest BCUT2D eigenvalue weighted by atomic mass is 79.9. The summed E-state index contributed by atoms with van der Waals surface area (Å²) in [7, 11) is 3.79. The first-order valence-electron chi connectivity index (χ1n) is 6.28. The lowest BCUT2D eigenvalue weighted by Gasteiger charge is -2.13. The van der Waals surface area contributed by atoms with Gasteiger partial charge < -0.3 is 15.5 Å². The molecule has 0 saturated heterocycles. The fourth-order valence-electron chi connectivity index (χ4n) is 1.52. The van der Waals surface area contributed by atoms with Crippen LogP contribution < -0.4 is 15.5 Å². The average Bonchev–Trinajstić information content (AvgIpc) is 2.41. The molecule has 1 heterocycles. The van der Waals surface area contributed by atoms with Gasteiger partial charge in [0.1, 0.15) is 0 Å². The minimum absolute atomic E-state index is 0.516. The number of rotatable bonds is 5. The third-order valence-electron chi connectivity index (χ3n) is 2.46. The van der Waals surface area contributed by atoms with E-state index >= 15 is 0 Å². The predicted molar refractivity (Wildman–Crippen MR) is 85.7 cm³/mol. The number of hydrogen-bond acceptors (Lipinski definition) is 6. The van der Waals surface area contributed by atoms with E-state index in [1.807, 2.05) is 50.2 Å². The Morgan fingerprint density at radius 3 is 2.30 bits per heavy atom. The minimum Gasteiger partial charge on any atom is -0.354 e. The zero-order valence-corrected chi connectivity index (χ0v) is 13.3. The zero-order chi connectivity index (χ0) is 14.5. The molecule has 0 saturated carbocycles. The second-order valence-corrected chi connectivity index (χ2v) is 5.25. The molecule has 0 radical (unpaired) electrons. The number of aromatic nitrogens is 3. The fraction of sp³-hybridized carbons (Fsp3) is 0.308. The van der Waals surface area contributed by atoms with Crippen molar-refractivity contribution < 1.29 is 0 Å². The van der Waals surface area contributed by atoms with Crippen LogP contribution in [0.3, 0.4) is 0 Å². The highest BCUT2D eigenvalue weighted by molar-refractivity contribution is 9.10. The Labute approximate surface area is 126 Å². The Hall–Kier alpha value is -1.89. The lowest BCUT2D eigenvalue weighted by molar-refractivity contribution is 0.953. The first kappa shape index (κ1) is 14.5. The molecule has 2 aromatic rings. The number of hydrogen-bond donors (Lipinski definition) is 2. The molecule has 0 bridgehead atoms. The van der Waals surface area contributed by atoms with Gasteiger partial charge in [-0.25, -0.2) is 0 Å². The van der Waals surface area contributed by atoms with E-state index in [0.717, 1.165) is 16.7 Å². The van der Waals surface area contributed by atoms with E-state index in [1.165, 1.54) is 0 Å². The van der Waals surface area contributed by atoms with Crippen molar-refractivity contribution in [2.24, 2.45) is 0 Å². The fourth-order valence-corrected chi connectivity index (χ4v) is 1.78. The third kappa shape index (κ3) is 3.80. The second-order valence-electron chi connectivity index (χ2n) is 4.34. The lowest BCUT2D eigenvalue weighted by atomic mass is 10.3. The van der Waals surface area contributed by atoms with Crippen LogP contribution in [0.25, 0.3) is 0 Å². The van der Waals surface area contributed by atoms with Crippen LogP contribution in [0.1, 0.15) is 6.92 Å². The van der Waals surface area contributed by atoms with E-state index in [1.54, 1.807) is 0 Å². The Balaban J connectivity index is 2.27. The van der Waals surface area contributed by atoms with Gasteiger partial charge in [-0.2, -0.15) is 15.0 Å². The van der Waals surface area contributed by atoms with Gasteiger partial charge >= 0.3 is 0 Å². The van der Waals surface area contributed by atoms with Crippen LogP contribution in [0, 0.1) is 0 Å². The van der Waals surface area contributed by atoms with E-state index in [0.29, 0.717) is 17.8 Å². The molecule has 0 aliphatic carbocycles. The molecule has 6 nitrogen and oxygen atoms in total. The molecule has 0 aliphatic heterocycles. The molecule has 1 aromatic carbocycles. The molecule has 1 aromatic heterocycles. The summed E-state index contributed by atoms with van der Waals surface area (Å²) < 4.78 is 1.03. The molecule has 0 fully saturated rings. The molecule has 0 atom stereocenters. The monoisotopic (exact) mass is 336 g/mol. The van der Waals surface area contributed by atoms with Crippen LogP contribution in [0.4, 0.5) is 23.5 Å². The first-order valence-corrected chi connectivity index (χ1v) is 7.07. The van der Waals surface area contributed by atoms with Gasteiger partial charge in [-0.3, -0.25) is 0 Å². The van der Waals surface area contributed by atoms with Crippen molar-refractivity contribution in [1.82, 2.24) is 15.0 Å². The summed E-state index contributed by atoms with van der Waals surface area (Å²) in [6.45, 7) is 2.76. The Bertz CT molecular complexity index is 570. The van der Waals surface area contributed by atoms with Gasteiger partial charge in [0.2, 0.25) is 17.8 Å². The molecule has 0 spiro atoms. The van der Waals surface area contributed by atoms with Crippen LogP contribution in [-0.4, -0.2) is 35.6 Å². The van der Waals surface area contributed by atoms with Crippen molar-refractivity contribution in [1.29, 1.82) is 0 Å². The lowest BCUT2D eigenvalue weighted by Crippen LogP contribution is -2.16. The number of benzene rings is 1. The molecular weight excluding hydrogens is 320 g/mol. The van der Waals surface area contributed by atoms with E-state index in [9.17, 15) is 0 Å². The topological polar surface area (TPSA) is 66.0 Å². The van der Waals surface area contributed by atoms with Crippen LogP contribution in [0.2, 0.25) is 0 Å². The number of anilines is 4. The van der Waals surface area contributed by atoms with Gasteiger partial charge in [0.15, 0.2) is 0 Å². The predicted octanol–water partition coefficient (Wildman–Crippen LogP) is 2.88. The van der Waals surface area contributed by atoms with E-state index in [2.05, 4.69) is 41.5 Å². The van der Waals surface area contributed by atoms with Crippen molar-refractivity contribution in [3.63, 3.8) is 0 Å². The van der Waals surface area contributed by atoms with Crippen molar-refractivity contribution in [3.8, 4) is 0 Å². The van der Waals surface area contributed by atoms with Crippen LogP contribution in [0.15, 0.2) is 28.7 Å². The molecule has 2 rings (SSSR count). The summed E-state index contributed by atoms with van der Waals surface area (Å²) in [5, 5.41) is 6.28. The zero-order valence-electron chi connectivity index (χ0n) is 11.7. The van der Waals surface area contributed by atoms with Crippen molar-refractivity contribution in [2.75, 3.05) is 36.2 Å². The van der Waals surface area contributed by atoms with Crippen molar-refractivity contribution >= 4 is 39.5 Å². The molecule has 0 amide bonds. The maximum Gasteiger partial charge on any atom is 0.233 e. The minimum atomic E-state index is 0.516. The largest absolute Gasteiger partial charge is 0.354 e. The average molecular weight is 337 g/mol. The van der Waals surface area contributed by atoms with Gasteiger partial charge in [0, 0.05) is 30.8 Å². The summed E-state index contributed by atoms with van der Waals surface area (Å²) in [4.78, 5) is 14.9. The maximum absolute atomic E-state index is 4.37. The van der Waals surface area contributed by atoms with Crippen LogP contribution >= 0.6 is 15.9 Å². The molecular formula is C13H17BrN6. The van der Waals surface area contributed by atoms with Crippen molar-refractivity contribution in [2.45, 2.75) is 6.92 Å². The summed E-state index contributed by atoms with van der Waals surface area (Å²) >= 11 is 3.41. The van der Waals surface area contributed by atoms with Crippen LogP contribution in [0.5, 0.6) is 0 Å². The van der Waals surface area contributed by atoms with Gasteiger partial charge in [0.05, 0.1) is 0 Å². The Morgan fingerprint density at radius 1 is 1.05 bits per heavy atom. The molecule has 20 heavy (non-hydrogen) atoms. The van der Waals surface area contributed by atoms with Gasteiger partial charge in [-0.15, -0.1) is 0 Å². The Morgan fingerprint density at radius 2 is 1.70 bits per heavy atom. The first-order chi connectivity index (χ1) is 9.58. The molecule has 106 valence electrons. The SMILES string of the molecule is CCNc1nc(Nc2ccc(Br)cc2)nc(N(C)C)n1. The quantitative estimate of drug-likeness (QED) is 0.875. The summed E-state index contributed by atoms with van der Waals surface area (Å²) in [6.07, 6.45) is 0. The van der Waals surface area contributed by atoms with E-state index < -0.39 is 0 Å². The number of nitrogens with zero attached hydrogens (tertiary/aromatic N) is 4. The molecule has 7 heteroatoms. The van der Waals surface area contributed by atoms with E-state index in [-0.39, 0.29) is 0 Å². The van der Waals surface area contributed by atoms with Gasteiger partial charge in [-0.05, 0) is 31.2 Å². The molecule has 0 unspecified atom stereocenters. The standard InChI is InChI=1S/C13H17BrN6/c1-4-15-11-17-12(19-13(18-11)20(2)3)16-10-7-5-9(14)6-8-10/h5-8H,4H2,1-3H3,(H2,15,16,17,18,19). The normalized spacial score (nSPS) is 10.2. The maximum atomic E-state index is 4.37. The second kappa shape index (κ2) is 6.51. The summed E-state index contributed by atoms with van der Waals surface area (Å²) in [5.74, 6) is 1.68. The van der Waals surface area contributed by atoms with Crippen molar-refractivity contribution in [3.05, 3.63) is 28.7 Å².